The zero-order chi connectivity index (χ0) is 15.2. The highest BCUT2D eigenvalue weighted by Crippen LogP contribution is 2.19. The number of rotatable bonds is 6. The second-order valence-corrected chi connectivity index (χ2v) is 5.00. The zero-order valence-corrected chi connectivity index (χ0v) is 12.3. The van der Waals surface area contributed by atoms with Crippen LogP contribution in [0, 0.1) is 6.92 Å². The van der Waals surface area contributed by atoms with Gasteiger partial charge in [0.1, 0.15) is 5.75 Å². The third kappa shape index (κ3) is 4.24. The molecule has 0 unspecified atom stereocenters. The van der Waals surface area contributed by atoms with Crippen molar-refractivity contribution in [2.45, 2.75) is 19.9 Å². The Morgan fingerprint density at radius 3 is 2.38 bits per heavy atom. The van der Waals surface area contributed by atoms with Crippen molar-refractivity contribution in [2.75, 3.05) is 12.4 Å². The lowest BCUT2D eigenvalue weighted by atomic mass is 10.1. The summed E-state index contributed by atoms with van der Waals surface area (Å²) < 4.78 is 5.25. The molecule has 0 fully saturated rings. The molecule has 0 saturated heterocycles. The minimum absolute atomic E-state index is 0.276. The van der Waals surface area contributed by atoms with Crippen LogP contribution in [0.15, 0.2) is 42.5 Å². The van der Waals surface area contributed by atoms with Gasteiger partial charge in [0, 0.05) is 12.2 Å². The number of primary amides is 1. The Morgan fingerprint density at radius 1 is 1.14 bits per heavy atom. The molecule has 0 aliphatic rings. The normalized spacial score (nSPS) is 10.2. The maximum Gasteiger partial charge on any atom is 0.221 e. The summed E-state index contributed by atoms with van der Waals surface area (Å²) in [5.74, 6) is 0.582. The topological polar surface area (TPSA) is 64.3 Å². The molecule has 0 spiro atoms. The number of aryl methyl sites for hydroxylation is 1. The van der Waals surface area contributed by atoms with E-state index in [1.165, 1.54) is 5.56 Å². The summed E-state index contributed by atoms with van der Waals surface area (Å²) in [5, 5.41) is 3.35. The molecule has 2 rings (SSSR count). The number of ether oxygens (including phenoxy) is 1. The van der Waals surface area contributed by atoms with E-state index in [2.05, 4.69) is 11.4 Å². The van der Waals surface area contributed by atoms with Crippen molar-refractivity contribution in [3.8, 4) is 5.75 Å². The van der Waals surface area contributed by atoms with Gasteiger partial charge in [0.2, 0.25) is 5.91 Å². The summed E-state index contributed by atoms with van der Waals surface area (Å²) in [4.78, 5) is 10.8. The number of hydrogen-bond acceptors (Lipinski definition) is 3. The van der Waals surface area contributed by atoms with Crippen molar-refractivity contribution >= 4 is 11.6 Å². The van der Waals surface area contributed by atoms with Gasteiger partial charge < -0.3 is 15.8 Å². The molecule has 0 atom stereocenters. The van der Waals surface area contributed by atoms with Crippen molar-refractivity contribution in [1.29, 1.82) is 0 Å². The van der Waals surface area contributed by atoms with E-state index in [0.717, 1.165) is 29.1 Å². The van der Waals surface area contributed by atoms with Gasteiger partial charge in [0.15, 0.2) is 0 Å². The molecule has 0 aliphatic carbocycles. The van der Waals surface area contributed by atoms with Gasteiger partial charge >= 0.3 is 0 Å². The largest absolute Gasteiger partial charge is 0.496 e. The van der Waals surface area contributed by atoms with Gasteiger partial charge in [-0.3, -0.25) is 4.79 Å². The van der Waals surface area contributed by atoms with Crippen molar-refractivity contribution in [1.82, 2.24) is 0 Å². The molecule has 110 valence electrons. The van der Waals surface area contributed by atoms with Crippen LogP contribution in [0.25, 0.3) is 0 Å². The Labute approximate surface area is 124 Å². The van der Waals surface area contributed by atoms with Crippen LogP contribution >= 0.6 is 0 Å². The van der Waals surface area contributed by atoms with Crippen molar-refractivity contribution in [3.63, 3.8) is 0 Å². The first-order valence-corrected chi connectivity index (χ1v) is 6.83. The van der Waals surface area contributed by atoms with Crippen LogP contribution in [0.2, 0.25) is 0 Å². The van der Waals surface area contributed by atoms with Crippen LogP contribution in [-0.4, -0.2) is 13.0 Å². The first kappa shape index (κ1) is 14.9. The van der Waals surface area contributed by atoms with Crippen LogP contribution < -0.4 is 15.8 Å². The Morgan fingerprint density at radius 2 is 1.81 bits per heavy atom. The second kappa shape index (κ2) is 6.79. The summed E-state index contributed by atoms with van der Waals surface area (Å²) in [6.45, 7) is 2.76. The summed E-state index contributed by atoms with van der Waals surface area (Å²) in [7, 11) is 1.67. The molecular formula is C17H20N2O2. The molecule has 4 heteroatoms. The Kier molecular flexibility index (Phi) is 4.82. The molecule has 3 N–H and O–H groups in total. The monoisotopic (exact) mass is 284 g/mol. The van der Waals surface area contributed by atoms with Crippen LogP contribution in [0.5, 0.6) is 5.75 Å². The maximum absolute atomic E-state index is 10.8. The van der Waals surface area contributed by atoms with Gasteiger partial charge in [-0.25, -0.2) is 0 Å². The van der Waals surface area contributed by atoms with Crippen molar-refractivity contribution < 1.29 is 9.53 Å². The fourth-order valence-corrected chi connectivity index (χ4v) is 2.20. The number of nitrogens with two attached hydrogens (primary N) is 1. The molecule has 2 aromatic rings. The van der Waals surface area contributed by atoms with Crippen molar-refractivity contribution in [2.24, 2.45) is 5.73 Å². The van der Waals surface area contributed by atoms with Crippen LogP contribution in [0.3, 0.4) is 0 Å². The number of nitrogens with one attached hydrogen (secondary N) is 1. The van der Waals surface area contributed by atoms with E-state index in [4.69, 9.17) is 10.5 Å². The van der Waals surface area contributed by atoms with E-state index < -0.39 is 0 Å². The molecule has 2 aromatic carbocycles. The van der Waals surface area contributed by atoms with E-state index in [9.17, 15) is 4.79 Å². The SMILES string of the molecule is COc1ccc(CNc2ccc(CC(N)=O)cc2)cc1C. The zero-order valence-electron chi connectivity index (χ0n) is 12.3. The molecule has 0 aromatic heterocycles. The van der Waals surface area contributed by atoms with Crippen LogP contribution in [0.4, 0.5) is 5.69 Å². The minimum Gasteiger partial charge on any atom is -0.496 e. The quantitative estimate of drug-likeness (QED) is 0.857. The van der Waals surface area contributed by atoms with Crippen LogP contribution in [0.1, 0.15) is 16.7 Å². The third-order valence-electron chi connectivity index (χ3n) is 3.29. The van der Waals surface area contributed by atoms with Crippen molar-refractivity contribution in [3.05, 3.63) is 59.2 Å². The number of benzene rings is 2. The molecule has 0 aliphatic heterocycles. The lowest BCUT2D eigenvalue weighted by molar-refractivity contribution is -0.117. The van der Waals surface area contributed by atoms with Gasteiger partial charge in [-0.1, -0.05) is 24.3 Å². The number of anilines is 1. The highest BCUT2D eigenvalue weighted by molar-refractivity contribution is 5.76. The van der Waals surface area contributed by atoms with Gasteiger partial charge in [-0.05, 0) is 41.8 Å². The predicted molar refractivity (Wildman–Crippen MR) is 84.4 cm³/mol. The lowest BCUT2D eigenvalue weighted by Gasteiger charge is -2.10. The smallest absolute Gasteiger partial charge is 0.221 e. The molecule has 1 amide bonds. The molecule has 0 saturated carbocycles. The highest BCUT2D eigenvalue weighted by atomic mass is 16.5. The summed E-state index contributed by atoms with van der Waals surface area (Å²) >= 11 is 0. The molecule has 0 bridgehead atoms. The summed E-state index contributed by atoms with van der Waals surface area (Å²) in [6, 6.07) is 13.8. The number of methoxy groups -OCH3 is 1. The predicted octanol–water partition coefficient (Wildman–Crippen LogP) is 2.64. The number of amides is 1. The van der Waals surface area contributed by atoms with Gasteiger partial charge in [-0.2, -0.15) is 0 Å². The van der Waals surface area contributed by atoms with Gasteiger partial charge in [0.25, 0.3) is 0 Å². The summed E-state index contributed by atoms with van der Waals surface area (Å²) in [5.41, 5.74) is 9.41. The van der Waals surface area contributed by atoms with E-state index in [-0.39, 0.29) is 12.3 Å². The lowest BCUT2D eigenvalue weighted by Crippen LogP contribution is -2.13. The fraction of sp³-hybridized carbons (Fsp3) is 0.235. The Hall–Kier alpha value is -2.49. The van der Waals surface area contributed by atoms with Gasteiger partial charge in [0.05, 0.1) is 13.5 Å². The molecule has 4 nitrogen and oxygen atoms in total. The number of hydrogen-bond donors (Lipinski definition) is 2. The first-order chi connectivity index (χ1) is 10.1. The number of carbonyl (C=O) groups excluding carboxylic acids is 1. The molecule has 0 radical (unpaired) electrons. The standard InChI is InChI=1S/C17H20N2O2/c1-12-9-14(5-8-16(12)21-2)11-19-15-6-3-13(4-7-15)10-17(18)20/h3-9,19H,10-11H2,1-2H3,(H2,18,20). The average molecular weight is 284 g/mol. The van der Waals surface area contributed by atoms with E-state index >= 15 is 0 Å². The average Bonchev–Trinajstić information content (AvgIpc) is 2.46. The van der Waals surface area contributed by atoms with Gasteiger partial charge in [-0.15, -0.1) is 0 Å². The Bertz CT molecular complexity index is 621. The molecule has 0 heterocycles. The van der Waals surface area contributed by atoms with Crippen LogP contribution in [-0.2, 0) is 17.8 Å². The maximum atomic E-state index is 10.8. The Balaban J connectivity index is 1.96. The minimum atomic E-state index is -0.315. The summed E-state index contributed by atoms with van der Waals surface area (Å²) in [6.07, 6.45) is 0.276. The van der Waals surface area contributed by atoms with E-state index in [1.54, 1.807) is 7.11 Å². The molecular weight excluding hydrogens is 264 g/mol. The molecule has 21 heavy (non-hydrogen) atoms. The van der Waals surface area contributed by atoms with E-state index in [1.807, 2.05) is 43.3 Å². The van der Waals surface area contributed by atoms with E-state index in [0.29, 0.717) is 0 Å². The third-order valence-corrected chi connectivity index (χ3v) is 3.29. The first-order valence-electron chi connectivity index (χ1n) is 6.83. The number of carbonyl (C=O) groups is 1. The fourth-order valence-electron chi connectivity index (χ4n) is 2.20. The second-order valence-electron chi connectivity index (χ2n) is 5.00. The highest BCUT2D eigenvalue weighted by Gasteiger charge is 2.01.